The highest BCUT2D eigenvalue weighted by atomic mass is 35.5. The van der Waals surface area contributed by atoms with Gasteiger partial charge >= 0.3 is 0 Å². The number of carbonyl (C=O) groups is 1. The zero-order valence-corrected chi connectivity index (χ0v) is 7.80. The second kappa shape index (κ2) is 3.59. The summed E-state index contributed by atoms with van der Waals surface area (Å²) in [5.74, 6) is -0.175. The van der Waals surface area contributed by atoms with Gasteiger partial charge in [0.2, 0.25) is 5.91 Å². The van der Waals surface area contributed by atoms with Gasteiger partial charge in [0.25, 0.3) is 0 Å². The molecule has 0 bridgehead atoms. The summed E-state index contributed by atoms with van der Waals surface area (Å²) in [6.45, 7) is 3.34. The topological polar surface area (TPSA) is 20.3 Å². The van der Waals surface area contributed by atoms with Crippen molar-refractivity contribution in [2.75, 3.05) is 4.42 Å². The Morgan fingerprint density at radius 3 is 2.50 bits per heavy atom. The Morgan fingerprint density at radius 1 is 1.42 bits per heavy atom. The fourth-order valence-corrected chi connectivity index (χ4v) is 1.14. The number of anilines is 1. The van der Waals surface area contributed by atoms with Crippen LogP contribution >= 0.6 is 11.8 Å². The molecule has 0 saturated carbocycles. The number of aryl methyl sites for hydroxylation is 1. The van der Waals surface area contributed by atoms with Crippen LogP contribution in [-0.2, 0) is 4.79 Å². The van der Waals surface area contributed by atoms with Crippen molar-refractivity contribution < 1.29 is 4.79 Å². The molecule has 1 aromatic rings. The predicted octanol–water partition coefficient (Wildman–Crippen LogP) is 2.50. The Morgan fingerprint density at radius 2 is 2.00 bits per heavy atom. The van der Waals surface area contributed by atoms with E-state index in [2.05, 4.69) is 0 Å². The van der Waals surface area contributed by atoms with Gasteiger partial charge in [0.15, 0.2) is 0 Å². The SMILES string of the molecule is CC(=O)N(Cl)c1ccccc1C. The maximum Gasteiger partial charge on any atom is 0.238 e. The zero-order valence-electron chi connectivity index (χ0n) is 7.04. The Kier molecular flexibility index (Phi) is 2.71. The number of benzene rings is 1. The molecule has 12 heavy (non-hydrogen) atoms. The maximum atomic E-state index is 10.9. The second-order valence-corrected chi connectivity index (χ2v) is 2.92. The average molecular weight is 184 g/mol. The lowest BCUT2D eigenvalue weighted by Crippen LogP contribution is -2.17. The molecule has 0 aromatic heterocycles. The number of hydrogen-bond donors (Lipinski definition) is 0. The van der Waals surface area contributed by atoms with Crippen LogP contribution in [0.2, 0.25) is 0 Å². The van der Waals surface area contributed by atoms with Gasteiger partial charge < -0.3 is 0 Å². The van der Waals surface area contributed by atoms with E-state index < -0.39 is 0 Å². The van der Waals surface area contributed by atoms with Crippen molar-refractivity contribution in [3.63, 3.8) is 0 Å². The molecule has 1 aromatic carbocycles. The van der Waals surface area contributed by atoms with Crippen molar-refractivity contribution in [3.05, 3.63) is 29.8 Å². The number of amides is 1. The Bertz CT molecular complexity index is 298. The highest BCUT2D eigenvalue weighted by Crippen LogP contribution is 2.20. The minimum absolute atomic E-state index is 0.175. The summed E-state index contributed by atoms with van der Waals surface area (Å²) in [5.41, 5.74) is 1.73. The highest BCUT2D eigenvalue weighted by Gasteiger charge is 2.09. The number of halogens is 1. The van der Waals surface area contributed by atoms with E-state index in [0.29, 0.717) is 0 Å². The van der Waals surface area contributed by atoms with Crippen molar-refractivity contribution in [3.8, 4) is 0 Å². The first kappa shape index (κ1) is 9.07. The lowest BCUT2D eigenvalue weighted by atomic mass is 10.2. The summed E-state index contributed by atoms with van der Waals surface area (Å²) in [5, 5.41) is 0. The molecule has 0 atom stereocenters. The molecule has 0 unspecified atom stereocenters. The van der Waals surface area contributed by atoms with Gasteiger partial charge in [0.05, 0.1) is 5.69 Å². The Balaban J connectivity index is 3.02. The summed E-state index contributed by atoms with van der Waals surface area (Å²) in [7, 11) is 0. The largest absolute Gasteiger partial charge is 0.274 e. The highest BCUT2D eigenvalue weighted by molar-refractivity contribution is 6.36. The molecule has 0 spiro atoms. The van der Waals surface area contributed by atoms with Crippen molar-refractivity contribution in [1.29, 1.82) is 0 Å². The van der Waals surface area contributed by atoms with Crippen LogP contribution in [-0.4, -0.2) is 5.91 Å². The summed E-state index contributed by atoms with van der Waals surface area (Å²) in [6, 6.07) is 7.47. The predicted molar refractivity (Wildman–Crippen MR) is 50.2 cm³/mol. The fraction of sp³-hybridized carbons (Fsp3) is 0.222. The van der Waals surface area contributed by atoms with E-state index in [1.54, 1.807) is 0 Å². The van der Waals surface area contributed by atoms with Crippen molar-refractivity contribution in [2.24, 2.45) is 0 Å². The third kappa shape index (κ3) is 1.77. The number of rotatable bonds is 1. The van der Waals surface area contributed by atoms with Gasteiger partial charge in [-0.15, -0.1) is 0 Å². The van der Waals surface area contributed by atoms with E-state index in [1.807, 2.05) is 31.2 Å². The van der Waals surface area contributed by atoms with Crippen molar-refractivity contribution in [1.82, 2.24) is 0 Å². The van der Waals surface area contributed by atoms with Crippen LogP contribution < -0.4 is 4.42 Å². The quantitative estimate of drug-likeness (QED) is 0.613. The lowest BCUT2D eigenvalue weighted by molar-refractivity contribution is -0.115. The van der Waals surface area contributed by atoms with Crippen LogP contribution in [0.15, 0.2) is 24.3 Å². The average Bonchev–Trinajstić information content (AvgIpc) is 2.04. The van der Waals surface area contributed by atoms with E-state index >= 15 is 0 Å². The van der Waals surface area contributed by atoms with E-state index in [4.69, 9.17) is 11.8 Å². The molecule has 0 saturated heterocycles. The lowest BCUT2D eigenvalue weighted by Gasteiger charge is -2.13. The molecule has 3 heteroatoms. The van der Waals surface area contributed by atoms with E-state index in [9.17, 15) is 4.79 Å². The number of para-hydroxylation sites is 1. The van der Waals surface area contributed by atoms with Crippen molar-refractivity contribution >= 4 is 23.4 Å². The molecule has 1 rings (SSSR count). The minimum Gasteiger partial charge on any atom is -0.274 e. The first-order valence-electron chi connectivity index (χ1n) is 3.65. The van der Waals surface area contributed by atoms with Gasteiger partial charge in [-0.1, -0.05) is 18.2 Å². The summed E-state index contributed by atoms with van der Waals surface area (Å²) in [6.07, 6.45) is 0. The molecule has 0 radical (unpaired) electrons. The van der Waals surface area contributed by atoms with Crippen LogP contribution in [0.1, 0.15) is 12.5 Å². The van der Waals surface area contributed by atoms with Gasteiger partial charge in [0, 0.05) is 18.7 Å². The maximum absolute atomic E-state index is 10.9. The Labute approximate surface area is 76.9 Å². The molecular formula is C9H10ClNO. The third-order valence-electron chi connectivity index (χ3n) is 1.60. The molecule has 64 valence electrons. The van der Waals surface area contributed by atoms with Crippen molar-refractivity contribution in [2.45, 2.75) is 13.8 Å². The van der Waals surface area contributed by atoms with E-state index in [0.717, 1.165) is 15.7 Å². The molecule has 2 nitrogen and oxygen atoms in total. The first-order valence-corrected chi connectivity index (χ1v) is 3.99. The Hall–Kier alpha value is -1.02. The van der Waals surface area contributed by atoms with Gasteiger partial charge in [-0.25, -0.2) is 4.42 Å². The smallest absolute Gasteiger partial charge is 0.238 e. The van der Waals surface area contributed by atoms with Crippen LogP contribution in [0, 0.1) is 6.92 Å². The van der Waals surface area contributed by atoms with Crippen LogP contribution in [0.25, 0.3) is 0 Å². The molecular weight excluding hydrogens is 174 g/mol. The fourth-order valence-electron chi connectivity index (χ4n) is 0.953. The molecule has 0 heterocycles. The number of nitrogens with zero attached hydrogens (tertiary/aromatic N) is 1. The van der Waals surface area contributed by atoms with Crippen LogP contribution in [0.5, 0.6) is 0 Å². The monoisotopic (exact) mass is 183 g/mol. The molecule has 0 aliphatic heterocycles. The van der Waals surface area contributed by atoms with Crippen LogP contribution in [0.3, 0.4) is 0 Å². The molecule has 0 aliphatic rings. The molecule has 0 fully saturated rings. The molecule has 0 aliphatic carbocycles. The number of hydrogen-bond acceptors (Lipinski definition) is 1. The van der Waals surface area contributed by atoms with E-state index in [-0.39, 0.29) is 5.91 Å². The summed E-state index contributed by atoms with van der Waals surface area (Å²) >= 11 is 5.73. The van der Waals surface area contributed by atoms with Gasteiger partial charge in [-0.2, -0.15) is 0 Å². The molecule has 1 amide bonds. The van der Waals surface area contributed by atoms with Crippen LogP contribution in [0.4, 0.5) is 5.69 Å². The number of carbonyl (C=O) groups excluding carboxylic acids is 1. The minimum atomic E-state index is -0.175. The second-order valence-electron chi connectivity index (χ2n) is 2.59. The summed E-state index contributed by atoms with van der Waals surface area (Å²) in [4.78, 5) is 10.9. The standard InChI is InChI=1S/C9H10ClNO/c1-7-5-3-4-6-9(7)11(10)8(2)12/h3-6H,1-2H3. The molecule has 0 N–H and O–H groups in total. The van der Waals surface area contributed by atoms with E-state index in [1.165, 1.54) is 6.92 Å². The van der Waals surface area contributed by atoms with Gasteiger partial charge in [-0.3, -0.25) is 4.79 Å². The summed E-state index contributed by atoms with van der Waals surface area (Å²) < 4.78 is 1.12. The zero-order chi connectivity index (χ0) is 9.14. The first-order chi connectivity index (χ1) is 5.63. The van der Waals surface area contributed by atoms with Gasteiger partial charge in [0.1, 0.15) is 0 Å². The normalized spacial score (nSPS) is 9.58. The van der Waals surface area contributed by atoms with Gasteiger partial charge in [-0.05, 0) is 18.6 Å². The third-order valence-corrected chi connectivity index (χ3v) is 2.02.